The Kier molecular flexibility index (Phi) is 18.2. The van der Waals surface area contributed by atoms with Gasteiger partial charge in [-0.2, -0.15) is 26.3 Å². The average Bonchev–Trinajstić information content (AvgIpc) is 3.22. The first-order valence-corrected chi connectivity index (χ1v) is 26.4. The van der Waals surface area contributed by atoms with Gasteiger partial charge in [-0.25, -0.2) is 9.59 Å². The molecule has 65 heavy (non-hydrogen) atoms. The molecule has 0 aliphatic rings. The minimum Gasteiger partial charge on any atom is -0.507 e. The number of rotatable bonds is 10. The molecule has 23 heteroatoms. The summed E-state index contributed by atoms with van der Waals surface area (Å²) in [5.74, 6) is 0.154. The molecular weight excluding hydrogens is 1010 g/mol. The fourth-order valence-corrected chi connectivity index (χ4v) is 8.00. The number of nitrogens with zero attached hydrogens (tertiary/aromatic N) is 2. The van der Waals surface area contributed by atoms with E-state index in [2.05, 4.69) is 26.3 Å². The van der Waals surface area contributed by atoms with Crippen LogP contribution < -0.4 is 15.8 Å². The van der Waals surface area contributed by atoms with Crippen LogP contribution in [0, 0.1) is 27.7 Å². The number of hydrogen-bond donors (Lipinski definition) is 1. The van der Waals surface area contributed by atoms with Gasteiger partial charge in [-0.3, -0.25) is 9.97 Å². The van der Waals surface area contributed by atoms with Gasteiger partial charge in [0.2, 0.25) is 6.49 Å². The Morgan fingerprint density at radius 1 is 0.677 bits per heavy atom. The second-order valence-corrected chi connectivity index (χ2v) is 25.1. The largest absolute Gasteiger partial charge is 0.507 e. The number of aryl methyl sites for hydroxylation is 2. The lowest BCUT2D eigenvalue weighted by Gasteiger charge is -2.23. The first-order valence-electron chi connectivity index (χ1n) is 18.4. The van der Waals surface area contributed by atoms with Crippen molar-refractivity contribution in [3.05, 3.63) is 138 Å². The van der Waals surface area contributed by atoms with Crippen molar-refractivity contribution in [1.29, 1.82) is 0 Å². The van der Waals surface area contributed by atoms with Crippen LogP contribution in [0.2, 0.25) is 10.0 Å². The Hall–Kier alpha value is -4.09. The zero-order valence-electron chi connectivity index (χ0n) is 34.8. The second-order valence-electron chi connectivity index (χ2n) is 13.9. The predicted molar refractivity (Wildman–Crippen MR) is 249 cm³/mol. The molecule has 1 N–H and O–H groups in total. The van der Waals surface area contributed by atoms with Gasteiger partial charge in [0.1, 0.15) is 46.2 Å². The van der Waals surface area contributed by atoms with Crippen LogP contribution in [0.4, 0.5) is 26.3 Å². The summed E-state index contributed by atoms with van der Waals surface area (Å²) >= 11 is 27.4. The van der Waals surface area contributed by atoms with Crippen molar-refractivity contribution in [2.24, 2.45) is 0 Å². The number of aromatic nitrogens is 2. The maximum atomic E-state index is 13.1. The number of pyridine rings is 2. The van der Waals surface area contributed by atoms with Crippen LogP contribution in [0.15, 0.2) is 104 Å². The average molecular weight is 1040 g/mol. The van der Waals surface area contributed by atoms with Gasteiger partial charge in [-0.05, 0) is 88.0 Å². The standard InChI is InChI=1S/C21H18ClF3NO4PS.C18H14ClNO3.C3H5ClF3OPS/c1-12-7-8-15(22)14(10-12)17-19(30-31(3,32)28-11-21(23,24)25)13(2)18(29-20(17)27)16-6-4-5-9-26-16;1-10-6-7-13(19)12(9-10)15-16(21)11(2)17(23-18(15)22)14-5-3-4-8-20-14;1-9(4,10)8-2-3(5,6)7/h4-10H,11H2,1-3H3;3-9,21H,1-2H3;2H2,1H3. The molecule has 2 aromatic carbocycles. The number of hydrogen-bond acceptors (Lipinski definition) is 12. The van der Waals surface area contributed by atoms with Gasteiger partial charge in [0.05, 0.1) is 0 Å². The van der Waals surface area contributed by atoms with E-state index in [-0.39, 0.29) is 39.2 Å². The molecule has 0 spiro atoms. The molecule has 0 saturated carbocycles. The van der Waals surface area contributed by atoms with Crippen molar-refractivity contribution in [3.63, 3.8) is 0 Å². The van der Waals surface area contributed by atoms with Crippen LogP contribution in [-0.4, -0.2) is 54.0 Å². The van der Waals surface area contributed by atoms with E-state index in [1.165, 1.54) is 19.5 Å². The smallest absolute Gasteiger partial charge is 0.412 e. The van der Waals surface area contributed by atoms with Crippen LogP contribution in [0.1, 0.15) is 22.3 Å². The van der Waals surface area contributed by atoms with Gasteiger partial charge in [-0.1, -0.05) is 81.6 Å². The highest BCUT2D eigenvalue weighted by atomic mass is 35.7. The van der Waals surface area contributed by atoms with Gasteiger partial charge in [0.15, 0.2) is 18.1 Å². The van der Waals surface area contributed by atoms with Gasteiger partial charge in [0, 0.05) is 58.0 Å². The van der Waals surface area contributed by atoms with Gasteiger partial charge >= 0.3 is 23.6 Å². The fraction of sp³-hybridized carbons (Fsp3) is 0.238. The summed E-state index contributed by atoms with van der Waals surface area (Å²) in [6, 6.07) is 20.5. The molecule has 348 valence electrons. The van der Waals surface area contributed by atoms with Crippen molar-refractivity contribution in [1.82, 2.24) is 9.97 Å². The summed E-state index contributed by atoms with van der Waals surface area (Å²) in [6.45, 7) is 3.07. The third-order valence-electron chi connectivity index (χ3n) is 8.39. The Balaban J connectivity index is 0.000000243. The summed E-state index contributed by atoms with van der Waals surface area (Å²) in [7, 11) is 0. The highest BCUT2D eigenvalue weighted by molar-refractivity contribution is 8.24. The summed E-state index contributed by atoms with van der Waals surface area (Å²) in [6.07, 6.45) is -5.82. The summed E-state index contributed by atoms with van der Waals surface area (Å²) < 4.78 is 98.0. The Morgan fingerprint density at radius 3 is 1.52 bits per heavy atom. The lowest BCUT2D eigenvalue weighted by molar-refractivity contribution is -0.153. The normalized spacial score (nSPS) is 13.3. The van der Waals surface area contributed by atoms with Crippen molar-refractivity contribution in [3.8, 4) is 56.7 Å². The molecule has 4 aromatic heterocycles. The van der Waals surface area contributed by atoms with Crippen molar-refractivity contribution in [2.45, 2.75) is 40.0 Å². The van der Waals surface area contributed by atoms with E-state index >= 15 is 0 Å². The molecular formula is C42H37Cl3F6N2O8P2S2. The van der Waals surface area contributed by atoms with Crippen LogP contribution >= 0.6 is 46.6 Å². The number of alkyl halides is 6. The van der Waals surface area contributed by atoms with Crippen LogP contribution in [0.25, 0.3) is 45.2 Å². The van der Waals surface area contributed by atoms with Crippen molar-refractivity contribution in [2.75, 3.05) is 26.5 Å². The van der Waals surface area contributed by atoms with Crippen molar-refractivity contribution >= 4 is 70.2 Å². The molecule has 0 bridgehead atoms. The van der Waals surface area contributed by atoms with E-state index < -0.39 is 48.9 Å². The lowest BCUT2D eigenvalue weighted by atomic mass is 10.0. The summed E-state index contributed by atoms with van der Waals surface area (Å²) in [4.78, 5) is 33.9. The van der Waals surface area contributed by atoms with Crippen LogP contribution in [-0.2, 0) is 32.7 Å². The highest BCUT2D eigenvalue weighted by Gasteiger charge is 2.33. The van der Waals surface area contributed by atoms with E-state index in [0.29, 0.717) is 38.7 Å². The molecule has 0 amide bonds. The summed E-state index contributed by atoms with van der Waals surface area (Å²) in [5.41, 5.74) is -0.0497. The predicted octanol–water partition coefficient (Wildman–Crippen LogP) is 13.6. The highest BCUT2D eigenvalue weighted by Crippen LogP contribution is 2.51. The molecule has 4 heterocycles. The Bertz CT molecular complexity index is 2870. The second kappa shape index (κ2) is 22.1. The maximum absolute atomic E-state index is 13.1. The topological polar surface area (TPSA) is 134 Å². The molecule has 0 radical (unpaired) electrons. The van der Waals surface area contributed by atoms with Gasteiger partial charge in [-0.15, -0.1) is 0 Å². The molecule has 0 fully saturated rings. The third-order valence-corrected chi connectivity index (χ3v) is 11.9. The van der Waals surface area contributed by atoms with Crippen LogP contribution in [0.3, 0.4) is 0 Å². The minimum atomic E-state index is -4.59. The molecule has 0 saturated heterocycles. The molecule has 0 aliphatic heterocycles. The zero-order valence-corrected chi connectivity index (χ0v) is 40.5. The fourth-order valence-electron chi connectivity index (χ4n) is 5.51. The number of aromatic hydroxyl groups is 1. The number of halogens is 9. The molecule has 6 aromatic rings. The number of benzene rings is 2. The van der Waals surface area contributed by atoms with E-state index in [1.807, 2.05) is 13.0 Å². The minimum absolute atomic E-state index is 0.0532. The molecule has 10 nitrogen and oxygen atoms in total. The Labute approximate surface area is 393 Å². The zero-order chi connectivity index (χ0) is 48.7. The van der Waals surface area contributed by atoms with E-state index in [0.717, 1.165) is 11.1 Å². The third kappa shape index (κ3) is 15.8. The molecule has 2 unspecified atom stereocenters. The summed E-state index contributed by atoms with van der Waals surface area (Å²) in [5, 5.41) is 11.2. The first-order chi connectivity index (χ1) is 30.1. The lowest BCUT2D eigenvalue weighted by Crippen LogP contribution is -2.17. The van der Waals surface area contributed by atoms with Gasteiger partial charge in [0.25, 0.3) is 0 Å². The SMILES string of the molecule is CP(=S)(Cl)OCC(F)(F)F.Cc1ccc(Cl)c(-c2c(O)c(C)c(-c3ccccn3)oc2=O)c1.Cc1ccc(Cl)c(-c2c(OP(C)(=S)OCC(F)(F)F)c(C)c(-c3ccccn3)oc2=O)c1. The molecule has 2 atom stereocenters. The van der Waals surface area contributed by atoms with E-state index in [1.54, 1.807) is 93.7 Å². The first kappa shape index (κ1) is 53.5. The van der Waals surface area contributed by atoms with Crippen LogP contribution in [0.5, 0.6) is 11.5 Å². The monoisotopic (exact) mass is 1040 g/mol. The van der Waals surface area contributed by atoms with E-state index in [4.69, 9.17) is 64.1 Å². The van der Waals surface area contributed by atoms with Crippen molar-refractivity contribution < 1.29 is 53.9 Å². The quantitative estimate of drug-likeness (QED) is 0.103. The van der Waals surface area contributed by atoms with Gasteiger partial charge < -0.3 is 27.5 Å². The molecule has 6 rings (SSSR count). The Morgan fingerprint density at radius 2 is 1.11 bits per heavy atom. The van der Waals surface area contributed by atoms with E-state index in [9.17, 15) is 41.0 Å². The molecule has 0 aliphatic carbocycles. The maximum Gasteiger partial charge on any atom is 0.412 e.